The van der Waals surface area contributed by atoms with E-state index in [1.54, 1.807) is 10.8 Å². The number of aromatic nitrogens is 1. The SMILES string of the molecule is N#C/C(=C\c1cn(CC(N)=O)c2ccccc12)C(=O)NC[C@H]1CCCO1. The first-order valence-electron chi connectivity index (χ1n) is 8.46. The highest BCUT2D eigenvalue weighted by atomic mass is 16.5. The Kier molecular flexibility index (Phi) is 5.34. The summed E-state index contributed by atoms with van der Waals surface area (Å²) in [6, 6.07) is 9.39. The Morgan fingerprint density at radius 2 is 2.23 bits per heavy atom. The van der Waals surface area contributed by atoms with Gasteiger partial charge in [0.15, 0.2) is 0 Å². The summed E-state index contributed by atoms with van der Waals surface area (Å²) in [6.07, 6.45) is 5.16. The summed E-state index contributed by atoms with van der Waals surface area (Å²) < 4.78 is 7.18. The Morgan fingerprint density at radius 3 is 2.92 bits per heavy atom. The molecule has 1 atom stereocenters. The van der Waals surface area contributed by atoms with E-state index in [0.29, 0.717) is 18.7 Å². The Morgan fingerprint density at radius 1 is 1.42 bits per heavy atom. The largest absolute Gasteiger partial charge is 0.376 e. The van der Waals surface area contributed by atoms with Crippen molar-refractivity contribution < 1.29 is 14.3 Å². The van der Waals surface area contributed by atoms with Crippen molar-refractivity contribution in [3.05, 3.63) is 41.6 Å². The summed E-state index contributed by atoms with van der Waals surface area (Å²) in [5.41, 5.74) is 6.80. The first-order chi connectivity index (χ1) is 12.6. The van der Waals surface area contributed by atoms with Gasteiger partial charge in [0.25, 0.3) is 5.91 Å². The second-order valence-electron chi connectivity index (χ2n) is 6.21. The smallest absolute Gasteiger partial charge is 0.262 e. The Hall–Kier alpha value is -3.11. The Bertz CT molecular complexity index is 901. The number of nitrogens with one attached hydrogen (secondary N) is 1. The maximum Gasteiger partial charge on any atom is 0.262 e. The van der Waals surface area contributed by atoms with Gasteiger partial charge in [-0.05, 0) is 25.0 Å². The molecule has 1 saturated heterocycles. The Labute approximate surface area is 151 Å². The molecular weight excluding hydrogens is 332 g/mol. The predicted octanol–water partition coefficient (Wildman–Crippen LogP) is 1.33. The number of ether oxygens (including phenoxy) is 1. The van der Waals surface area contributed by atoms with E-state index in [-0.39, 0.29) is 18.2 Å². The number of rotatable bonds is 6. The molecule has 2 heterocycles. The second-order valence-corrected chi connectivity index (χ2v) is 6.21. The second kappa shape index (κ2) is 7.85. The van der Waals surface area contributed by atoms with Crippen LogP contribution in [0.15, 0.2) is 36.0 Å². The van der Waals surface area contributed by atoms with Crippen LogP contribution in [-0.4, -0.2) is 35.6 Å². The molecule has 1 aliphatic rings. The van der Waals surface area contributed by atoms with Crippen LogP contribution in [0.25, 0.3) is 17.0 Å². The van der Waals surface area contributed by atoms with Crippen molar-refractivity contribution in [2.75, 3.05) is 13.2 Å². The number of benzene rings is 1. The number of fused-ring (bicyclic) bond motifs is 1. The van der Waals surface area contributed by atoms with E-state index in [9.17, 15) is 14.9 Å². The molecule has 0 spiro atoms. The van der Waals surface area contributed by atoms with Crippen LogP contribution in [0.1, 0.15) is 18.4 Å². The maximum absolute atomic E-state index is 12.3. The lowest BCUT2D eigenvalue weighted by molar-refractivity contribution is -0.119. The van der Waals surface area contributed by atoms with Crippen molar-refractivity contribution in [3.63, 3.8) is 0 Å². The van der Waals surface area contributed by atoms with E-state index in [1.165, 1.54) is 6.08 Å². The van der Waals surface area contributed by atoms with Crippen LogP contribution in [0, 0.1) is 11.3 Å². The van der Waals surface area contributed by atoms with E-state index >= 15 is 0 Å². The molecular formula is C19H20N4O3. The molecule has 2 amide bonds. The van der Waals surface area contributed by atoms with Gasteiger partial charge in [0.05, 0.1) is 6.10 Å². The van der Waals surface area contributed by atoms with Gasteiger partial charge in [0.1, 0.15) is 18.2 Å². The summed E-state index contributed by atoms with van der Waals surface area (Å²) in [7, 11) is 0. The lowest BCUT2D eigenvalue weighted by Gasteiger charge is -2.10. The summed E-state index contributed by atoms with van der Waals surface area (Å²) in [5.74, 6) is -0.897. The molecule has 7 heteroatoms. The molecule has 0 unspecified atom stereocenters. The molecule has 1 aromatic heterocycles. The average Bonchev–Trinajstić information content (AvgIpc) is 3.26. The van der Waals surface area contributed by atoms with Crippen LogP contribution in [0.3, 0.4) is 0 Å². The molecule has 1 aliphatic heterocycles. The third kappa shape index (κ3) is 3.92. The zero-order valence-electron chi connectivity index (χ0n) is 14.3. The normalized spacial score (nSPS) is 17.2. The van der Waals surface area contributed by atoms with Gasteiger partial charge in [-0.15, -0.1) is 0 Å². The van der Waals surface area contributed by atoms with Gasteiger partial charge >= 0.3 is 0 Å². The molecule has 2 aromatic rings. The highest BCUT2D eigenvalue weighted by Crippen LogP contribution is 2.23. The number of carbonyl (C=O) groups is 2. The molecule has 1 fully saturated rings. The highest BCUT2D eigenvalue weighted by Gasteiger charge is 2.18. The van der Waals surface area contributed by atoms with Crippen molar-refractivity contribution >= 4 is 28.8 Å². The van der Waals surface area contributed by atoms with Crippen LogP contribution in [-0.2, 0) is 20.9 Å². The maximum atomic E-state index is 12.3. The highest BCUT2D eigenvalue weighted by molar-refractivity contribution is 6.04. The molecule has 0 aliphatic carbocycles. The van der Waals surface area contributed by atoms with Gasteiger partial charge in [0.2, 0.25) is 5.91 Å². The zero-order chi connectivity index (χ0) is 18.5. The molecule has 3 N–H and O–H groups in total. The number of primary amides is 1. The minimum atomic E-state index is -0.462. The topological polar surface area (TPSA) is 110 Å². The first kappa shape index (κ1) is 17.7. The summed E-state index contributed by atoms with van der Waals surface area (Å²) in [6.45, 7) is 1.13. The summed E-state index contributed by atoms with van der Waals surface area (Å²) in [4.78, 5) is 23.6. The Balaban J connectivity index is 1.85. The van der Waals surface area contributed by atoms with Crippen LogP contribution < -0.4 is 11.1 Å². The molecule has 0 radical (unpaired) electrons. The van der Waals surface area contributed by atoms with Crippen molar-refractivity contribution in [3.8, 4) is 6.07 Å². The number of nitriles is 1. The van der Waals surface area contributed by atoms with Crippen molar-refractivity contribution in [2.24, 2.45) is 5.73 Å². The van der Waals surface area contributed by atoms with E-state index in [4.69, 9.17) is 10.5 Å². The van der Waals surface area contributed by atoms with Gasteiger partial charge < -0.3 is 20.4 Å². The van der Waals surface area contributed by atoms with Crippen LogP contribution in [0.5, 0.6) is 0 Å². The number of hydrogen-bond acceptors (Lipinski definition) is 4. The fourth-order valence-corrected chi connectivity index (χ4v) is 3.10. The predicted molar refractivity (Wildman–Crippen MR) is 96.7 cm³/mol. The molecule has 3 rings (SSSR count). The monoisotopic (exact) mass is 352 g/mol. The van der Waals surface area contributed by atoms with Gasteiger partial charge in [-0.1, -0.05) is 18.2 Å². The van der Waals surface area contributed by atoms with E-state index in [0.717, 1.165) is 23.7 Å². The number of amides is 2. The molecule has 26 heavy (non-hydrogen) atoms. The van der Waals surface area contributed by atoms with Gasteiger partial charge in [-0.25, -0.2) is 0 Å². The van der Waals surface area contributed by atoms with E-state index in [2.05, 4.69) is 5.32 Å². The molecule has 7 nitrogen and oxygen atoms in total. The third-order valence-electron chi connectivity index (χ3n) is 4.32. The minimum Gasteiger partial charge on any atom is -0.376 e. The minimum absolute atomic E-state index is 0.00461. The van der Waals surface area contributed by atoms with E-state index < -0.39 is 11.8 Å². The number of nitrogens with two attached hydrogens (primary N) is 1. The zero-order valence-corrected chi connectivity index (χ0v) is 14.3. The lowest BCUT2D eigenvalue weighted by atomic mass is 10.1. The standard InChI is InChI=1S/C19H20N4O3/c20-9-13(19(25)22-10-15-4-3-7-26-15)8-14-11-23(12-18(21)24)17-6-2-1-5-16(14)17/h1-2,5-6,8,11,15H,3-4,7,10,12H2,(H2,21,24)(H,22,25)/b13-8+/t15-/m1/s1. The summed E-state index contributed by atoms with van der Waals surface area (Å²) >= 11 is 0. The average molecular weight is 352 g/mol. The fraction of sp³-hybridized carbons (Fsp3) is 0.316. The lowest BCUT2D eigenvalue weighted by Crippen LogP contribution is -2.32. The number of para-hydroxylation sites is 1. The quantitative estimate of drug-likeness (QED) is 0.603. The number of hydrogen-bond donors (Lipinski definition) is 2. The molecule has 1 aromatic carbocycles. The van der Waals surface area contributed by atoms with Crippen LogP contribution >= 0.6 is 0 Å². The molecule has 134 valence electrons. The molecule has 0 bridgehead atoms. The first-order valence-corrected chi connectivity index (χ1v) is 8.46. The van der Waals surface area contributed by atoms with Gasteiger partial charge in [-0.3, -0.25) is 9.59 Å². The van der Waals surface area contributed by atoms with Crippen molar-refractivity contribution in [1.29, 1.82) is 5.26 Å². The third-order valence-corrected chi connectivity index (χ3v) is 4.32. The number of nitrogens with zero attached hydrogens (tertiary/aromatic N) is 2. The van der Waals surface area contributed by atoms with Gasteiger partial charge in [0, 0.05) is 35.8 Å². The fourth-order valence-electron chi connectivity index (χ4n) is 3.10. The van der Waals surface area contributed by atoms with Crippen molar-refractivity contribution in [1.82, 2.24) is 9.88 Å². The van der Waals surface area contributed by atoms with Gasteiger partial charge in [-0.2, -0.15) is 5.26 Å². The molecule has 0 saturated carbocycles. The van der Waals surface area contributed by atoms with Crippen LogP contribution in [0.4, 0.5) is 0 Å². The van der Waals surface area contributed by atoms with E-state index in [1.807, 2.05) is 30.3 Å². The number of carbonyl (C=O) groups excluding carboxylic acids is 2. The van der Waals surface area contributed by atoms with Crippen LogP contribution in [0.2, 0.25) is 0 Å². The summed E-state index contributed by atoms with van der Waals surface area (Å²) in [5, 5.41) is 13.0. The van der Waals surface area contributed by atoms with Crippen molar-refractivity contribution in [2.45, 2.75) is 25.5 Å².